The van der Waals surface area contributed by atoms with Gasteiger partial charge in [0.1, 0.15) is 5.75 Å². The molecule has 0 radical (unpaired) electrons. The smallest absolute Gasteiger partial charge is 0.223 e. The van der Waals surface area contributed by atoms with Crippen LogP contribution in [0.1, 0.15) is 18.9 Å². The van der Waals surface area contributed by atoms with E-state index in [1.54, 1.807) is 26.1 Å². The molecular weight excluding hydrogens is 240 g/mol. The number of nitrogens with zero attached hydrogens (tertiary/aromatic N) is 1. The second-order valence-electron chi connectivity index (χ2n) is 4.95. The van der Waals surface area contributed by atoms with Gasteiger partial charge in [-0.3, -0.25) is 4.79 Å². The lowest BCUT2D eigenvalue weighted by Crippen LogP contribution is -2.32. The summed E-state index contributed by atoms with van der Waals surface area (Å²) in [6.07, 6.45) is 1.49. The van der Waals surface area contributed by atoms with Crippen LogP contribution in [-0.4, -0.2) is 44.6 Å². The molecule has 1 unspecified atom stereocenters. The predicted molar refractivity (Wildman–Crippen MR) is 77.5 cm³/mol. The van der Waals surface area contributed by atoms with Crippen LogP contribution in [0.15, 0.2) is 24.3 Å². The highest BCUT2D eigenvalue weighted by Crippen LogP contribution is 2.12. The van der Waals surface area contributed by atoms with E-state index in [2.05, 4.69) is 24.4 Å². The summed E-state index contributed by atoms with van der Waals surface area (Å²) in [6.45, 7) is 2.85. The molecular formula is C15H24N2O2. The summed E-state index contributed by atoms with van der Waals surface area (Å²) in [5, 5.41) is 3.37. The summed E-state index contributed by atoms with van der Waals surface area (Å²) in [6, 6.07) is 8.43. The maximum Gasteiger partial charge on any atom is 0.223 e. The molecule has 0 aliphatic heterocycles. The maximum absolute atomic E-state index is 11.4. The molecule has 4 heteroatoms. The molecule has 0 aromatic heterocycles. The lowest BCUT2D eigenvalue weighted by Gasteiger charge is -2.15. The van der Waals surface area contributed by atoms with Gasteiger partial charge >= 0.3 is 0 Å². The fourth-order valence-electron chi connectivity index (χ4n) is 1.84. The molecule has 19 heavy (non-hydrogen) atoms. The van der Waals surface area contributed by atoms with Crippen LogP contribution in [0.5, 0.6) is 5.75 Å². The number of hydrogen-bond acceptors (Lipinski definition) is 3. The van der Waals surface area contributed by atoms with Crippen molar-refractivity contribution in [2.24, 2.45) is 0 Å². The first kappa shape index (κ1) is 15.5. The van der Waals surface area contributed by atoms with Crippen LogP contribution in [0, 0.1) is 0 Å². The normalized spacial score (nSPS) is 12.0. The van der Waals surface area contributed by atoms with E-state index < -0.39 is 0 Å². The number of benzene rings is 1. The standard InChI is InChI=1S/C15H24N2O2/c1-12(16-10-9-15(18)17(2)3)11-13-5-7-14(19-4)8-6-13/h5-8,12,16H,9-11H2,1-4H3. The Morgan fingerprint density at radius 2 is 1.95 bits per heavy atom. The van der Waals surface area contributed by atoms with Crippen molar-refractivity contribution in [3.8, 4) is 5.75 Å². The molecule has 0 saturated heterocycles. The van der Waals surface area contributed by atoms with Crippen molar-refractivity contribution in [3.05, 3.63) is 29.8 Å². The molecule has 1 rings (SSSR count). The Hall–Kier alpha value is -1.55. The average Bonchev–Trinajstić information content (AvgIpc) is 2.39. The fourth-order valence-corrected chi connectivity index (χ4v) is 1.84. The number of ether oxygens (including phenoxy) is 1. The van der Waals surface area contributed by atoms with Crippen molar-refractivity contribution < 1.29 is 9.53 Å². The Bertz CT molecular complexity index is 388. The quantitative estimate of drug-likeness (QED) is 0.815. The highest BCUT2D eigenvalue weighted by molar-refractivity contribution is 5.75. The van der Waals surface area contributed by atoms with E-state index in [1.807, 2.05) is 12.1 Å². The summed E-state index contributed by atoms with van der Waals surface area (Å²) >= 11 is 0. The summed E-state index contributed by atoms with van der Waals surface area (Å²) in [4.78, 5) is 13.0. The molecule has 0 aliphatic rings. The topological polar surface area (TPSA) is 41.6 Å². The number of nitrogens with one attached hydrogen (secondary N) is 1. The van der Waals surface area contributed by atoms with Gasteiger partial charge in [0.15, 0.2) is 0 Å². The molecule has 106 valence electrons. The van der Waals surface area contributed by atoms with Gasteiger partial charge in [0.25, 0.3) is 0 Å². The lowest BCUT2D eigenvalue weighted by molar-refractivity contribution is -0.128. The zero-order chi connectivity index (χ0) is 14.3. The molecule has 1 atom stereocenters. The molecule has 0 heterocycles. The van der Waals surface area contributed by atoms with E-state index in [0.29, 0.717) is 19.0 Å². The lowest BCUT2D eigenvalue weighted by atomic mass is 10.1. The maximum atomic E-state index is 11.4. The Kier molecular flexibility index (Phi) is 6.36. The first-order valence-electron chi connectivity index (χ1n) is 6.59. The van der Waals surface area contributed by atoms with Crippen molar-refractivity contribution in [2.45, 2.75) is 25.8 Å². The van der Waals surface area contributed by atoms with Crippen LogP contribution >= 0.6 is 0 Å². The van der Waals surface area contributed by atoms with Crippen molar-refractivity contribution in [1.82, 2.24) is 10.2 Å². The highest BCUT2D eigenvalue weighted by atomic mass is 16.5. The molecule has 1 amide bonds. The highest BCUT2D eigenvalue weighted by Gasteiger charge is 2.06. The van der Waals surface area contributed by atoms with Gasteiger partial charge in [-0.05, 0) is 31.0 Å². The Balaban J connectivity index is 2.30. The minimum Gasteiger partial charge on any atom is -0.497 e. The number of hydrogen-bond donors (Lipinski definition) is 1. The number of amides is 1. The number of carbonyl (C=O) groups is 1. The van der Waals surface area contributed by atoms with Crippen LogP contribution in [-0.2, 0) is 11.2 Å². The largest absolute Gasteiger partial charge is 0.497 e. The molecule has 1 aromatic rings. The van der Waals surface area contributed by atoms with E-state index in [4.69, 9.17) is 4.74 Å². The Labute approximate surface area is 115 Å². The summed E-state index contributed by atoms with van der Waals surface area (Å²) in [5.41, 5.74) is 1.26. The molecule has 1 aromatic carbocycles. The first-order chi connectivity index (χ1) is 9.02. The third kappa shape index (κ3) is 5.75. The van der Waals surface area contributed by atoms with E-state index in [-0.39, 0.29) is 5.91 Å². The van der Waals surface area contributed by atoms with Gasteiger partial charge in [0.2, 0.25) is 5.91 Å². The second kappa shape index (κ2) is 7.79. The van der Waals surface area contributed by atoms with Crippen molar-refractivity contribution in [3.63, 3.8) is 0 Å². The second-order valence-corrected chi connectivity index (χ2v) is 4.95. The third-order valence-electron chi connectivity index (χ3n) is 3.03. The summed E-state index contributed by atoms with van der Waals surface area (Å²) < 4.78 is 5.13. The average molecular weight is 264 g/mol. The van der Waals surface area contributed by atoms with E-state index in [0.717, 1.165) is 12.2 Å². The van der Waals surface area contributed by atoms with Crippen molar-refractivity contribution in [2.75, 3.05) is 27.7 Å². The SMILES string of the molecule is COc1ccc(CC(C)NCCC(=O)N(C)C)cc1. The molecule has 0 fully saturated rings. The van der Waals surface area contributed by atoms with Gasteiger partial charge in [-0.25, -0.2) is 0 Å². The summed E-state index contributed by atoms with van der Waals surface area (Å²) in [7, 11) is 5.23. The van der Waals surface area contributed by atoms with Crippen LogP contribution in [0.2, 0.25) is 0 Å². The monoisotopic (exact) mass is 264 g/mol. The van der Waals surface area contributed by atoms with Gasteiger partial charge < -0.3 is 15.0 Å². The van der Waals surface area contributed by atoms with E-state index >= 15 is 0 Å². The van der Waals surface area contributed by atoms with Gasteiger partial charge in [-0.1, -0.05) is 12.1 Å². The van der Waals surface area contributed by atoms with Crippen LogP contribution in [0.3, 0.4) is 0 Å². The molecule has 0 bridgehead atoms. The summed E-state index contributed by atoms with van der Waals surface area (Å²) in [5.74, 6) is 1.03. The van der Waals surface area contributed by atoms with Gasteiger partial charge in [0.05, 0.1) is 7.11 Å². The van der Waals surface area contributed by atoms with Crippen LogP contribution < -0.4 is 10.1 Å². The molecule has 0 spiro atoms. The fraction of sp³-hybridized carbons (Fsp3) is 0.533. The zero-order valence-corrected chi connectivity index (χ0v) is 12.3. The minimum atomic E-state index is 0.157. The Morgan fingerprint density at radius 3 is 2.47 bits per heavy atom. The Morgan fingerprint density at radius 1 is 1.32 bits per heavy atom. The predicted octanol–water partition coefficient (Wildman–Crippen LogP) is 1.69. The number of methoxy groups -OCH3 is 1. The van der Waals surface area contributed by atoms with Crippen LogP contribution in [0.4, 0.5) is 0 Å². The number of rotatable bonds is 7. The molecule has 4 nitrogen and oxygen atoms in total. The number of carbonyl (C=O) groups excluding carboxylic acids is 1. The minimum absolute atomic E-state index is 0.157. The third-order valence-corrected chi connectivity index (χ3v) is 3.03. The van der Waals surface area contributed by atoms with Gasteiger partial charge in [-0.15, -0.1) is 0 Å². The van der Waals surface area contributed by atoms with Gasteiger partial charge in [0, 0.05) is 33.1 Å². The van der Waals surface area contributed by atoms with Crippen molar-refractivity contribution in [1.29, 1.82) is 0 Å². The first-order valence-corrected chi connectivity index (χ1v) is 6.59. The van der Waals surface area contributed by atoms with E-state index in [1.165, 1.54) is 5.56 Å². The van der Waals surface area contributed by atoms with E-state index in [9.17, 15) is 4.79 Å². The van der Waals surface area contributed by atoms with Crippen molar-refractivity contribution >= 4 is 5.91 Å². The van der Waals surface area contributed by atoms with Gasteiger partial charge in [-0.2, -0.15) is 0 Å². The zero-order valence-electron chi connectivity index (χ0n) is 12.3. The molecule has 1 N–H and O–H groups in total. The molecule has 0 saturated carbocycles. The molecule has 0 aliphatic carbocycles. The van der Waals surface area contributed by atoms with Crippen LogP contribution in [0.25, 0.3) is 0 Å².